The molecule has 0 bridgehead atoms. The average Bonchev–Trinajstić information content (AvgIpc) is 2.44. The van der Waals surface area contributed by atoms with Crippen LogP contribution in [0.25, 0.3) is 0 Å². The molecule has 20 heavy (non-hydrogen) atoms. The van der Waals surface area contributed by atoms with Crippen LogP contribution < -0.4 is 0 Å². The number of halogens is 1. The molecule has 0 aliphatic heterocycles. The molecule has 4 heteroatoms. The van der Waals surface area contributed by atoms with Gasteiger partial charge in [0.2, 0.25) is 0 Å². The SMILES string of the molecule is CCCCCCCCC(C(=O)CCCBr)C(=O)OCC. The van der Waals surface area contributed by atoms with Crippen molar-refractivity contribution >= 4 is 27.7 Å². The van der Waals surface area contributed by atoms with E-state index in [1.165, 1.54) is 25.7 Å². The lowest BCUT2D eigenvalue weighted by Gasteiger charge is -2.14. The maximum Gasteiger partial charge on any atom is 0.316 e. The maximum atomic E-state index is 12.1. The van der Waals surface area contributed by atoms with Gasteiger partial charge in [-0.15, -0.1) is 0 Å². The first kappa shape index (κ1) is 19.6. The molecule has 0 aliphatic carbocycles. The minimum absolute atomic E-state index is 0.0384. The standard InChI is InChI=1S/C16H29BrO3/c1-3-5-6-7-8-9-11-14(16(19)20-4-2)15(18)12-10-13-17/h14H,3-13H2,1-2H3. The molecule has 0 spiro atoms. The van der Waals surface area contributed by atoms with Gasteiger partial charge < -0.3 is 4.74 Å². The first-order chi connectivity index (χ1) is 9.67. The van der Waals surface area contributed by atoms with E-state index in [1.807, 2.05) is 0 Å². The molecule has 1 atom stereocenters. The zero-order valence-electron chi connectivity index (χ0n) is 13.0. The van der Waals surface area contributed by atoms with Crippen LogP contribution >= 0.6 is 15.9 Å². The van der Waals surface area contributed by atoms with Crippen LogP contribution in [0.4, 0.5) is 0 Å². The van der Waals surface area contributed by atoms with E-state index in [4.69, 9.17) is 4.74 Å². The van der Waals surface area contributed by atoms with Crippen molar-refractivity contribution in [3.05, 3.63) is 0 Å². The van der Waals surface area contributed by atoms with Gasteiger partial charge in [-0.3, -0.25) is 9.59 Å². The number of Topliss-reactive ketones (excluding diaryl/α,β-unsaturated/α-hetero) is 1. The molecule has 0 rings (SSSR count). The van der Waals surface area contributed by atoms with Gasteiger partial charge in [-0.1, -0.05) is 61.4 Å². The summed E-state index contributed by atoms with van der Waals surface area (Å²) in [5.74, 6) is -0.836. The smallest absolute Gasteiger partial charge is 0.316 e. The fourth-order valence-electron chi connectivity index (χ4n) is 2.20. The van der Waals surface area contributed by atoms with Crippen LogP contribution in [-0.4, -0.2) is 23.7 Å². The molecular formula is C16H29BrO3. The van der Waals surface area contributed by atoms with E-state index in [-0.39, 0.29) is 11.8 Å². The Labute approximate surface area is 132 Å². The van der Waals surface area contributed by atoms with Gasteiger partial charge in [0.15, 0.2) is 0 Å². The summed E-state index contributed by atoms with van der Waals surface area (Å²) in [6, 6.07) is 0. The number of alkyl halides is 1. The fraction of sp³-hybridized carbons (Fsp3) is 0.875. The van der Waals surface area contributed by atoms with Gasteiger partial charge in [-0.2, -0.15) is 0 Å². The average molecular weight is 349 g/mol. The number of hydrogen-bond donors (Lipinski definition) is 0. The molecule has 0 fully saturated rings. The molecule has 0 aromatic carbocycles. The summed E-state index contributed by atoms with van der Waals surface area (Å²) in [6.45, 7) is 4.32. The number of esters is 1. The van der Waals surface area contributed by atoms with Gasteiger partial charge in [0, 0.05) is 11.8 Å². The lowest BCUT2D eigenvalue weighted by Crippen LogP contribution is -2.26. The van der Waals surface area contributed by atoms with E-state index in [2.05, 4.69) is 22.9 Å². The van der Waals surface area contributed by atoms with Gasteiger partial charge in [-0.05, 0) is 19.8 Å². The predicted molar refractivity (Wildman–Crippen MR) is 86.2 cm³/mol. The molecule has 0 N–H and O–H groups in total. The Morgan fingerprint density at radius 2 is 1.65 bits per heavy atom. The highest BCUT2D eigenvalue weighted by molar-refractivity contribution is 9.09. The number of ketones is 1. The van der Waals surface area contributed by atoms with Crippen LogP contribution in [0.15, 0.2) is 0 Å². The third kappa shape index (κ3) is 9.51. The molecule has 0 aromatic rings. The van der Waals surface area contributed by atoms with E-state index < -0.39 is 5.92 Å². The molecule has 0 aliphatic rings. The van der Waals surface area contributed by atoms with Crippen LogP contribution in [0, 0.1) is 5.92 Å². The predicted octanol–water partition coefficient (Wildman–Crippen LogP) is 4.66. The monoisotopic (exact) mass is 348 g/mol. The molecule has 0 radical (unpaired) electrons. The first-order valence-corrected chi connectivity index (χ1v) is 9.04. The van der Waals surface area contributed by atoms with E-state index in [1.54, 1.807) is 6.92 Å². The van der Waals surface area contributed by atoms with E-state index in [9.17, 15) is 9.59 Å². The van der Waals surface area contributed by atoms with Crippen LogP contribution in [0.3, 0.4) is 0 Å². The summed E-state index contributed by atoms with van der Waals surface area (Å²) >= 11 is 3.31. The maximum absolute atomic E-state index is 12.1. The highest BCUT2D eigenvalue weighted by Gasteiger charge is 2.26. The van der Waals surface area contributed by atoms with Crippen molar-refractivity contribution in [2.24, 2.45) is 5.92 Å². The van der Waals surface area contributed by atoms with Gasteiger partial charge in [0.1, 0.15) is 11.7 Å². The van der Waals surface area contributed by atoms with Crippen molar-refractivity contribution < 1.29 is 14.3 Å². The quantitative estimate of drug-likeness (QED) is 0.210. The highest BCUT2D eigenvalue weighted by atomic mass is 79.9. The molecule has 0 aromatic heterocycles. The van der Waals surface area contributed by atoms with Crippen molar-refractivity contribution in [2.75, 3.05) is 11.9 Å². The topological polar surface area (TPSA) is 43.4 Å². The number of carbonyl (C=O) groups excluding carboxylic acids is 2. The lowest BCUT2D eigenvalue weighted by atomic mass is 9.94. The van der Waals surface area contributed by atoms with E-state index in [0.29, 0.717) is 19.4 Å². The molecule has 0 saturated heterocycles. The van der Waals surface area contributed by atoms with Gasteiger partial charge in [0.25, 0.3) is 0 Å². The van der Waals surface area contributed by atoms with Crippen molar-refractivity contribution in [3.63, 3.8) is 0 Å². The third-order valence-electron chi connectivity index (χ3n) is 3.36. The van der Waals surface area contributed by atoms with Gasteiger partial charge in [-0.25, -0.2) is 0 Å². The fourth-order valence-corrected chi connectivity index (χ4v) is 2.48. The summed E-state index contributed by atoms with van der Waals surface area (Å²) < 4.78 is 5.03. The van der Waals surface area contributed by atoms with Crippen LogP contribution in [0.2, 0.25) is 0 Å². The highest BCUT2D eigenvalue weighted by Crippen LogP contribution is 2.17. The molecule has 0 heterocycles. The van der Waals surface area contributed by atoms with Crippen LogP contribution in [0.1, 0.15) is 71.6 Å². The second kappa shape index (κ2) is 13.6. The van der Waals surface area contributed by atoms with Gasteiger partial charge >= 0.3 is 5.97 Å². The summed E-state index contributed by atoms with van der Waals surface area (Å²) in [5.41, 5.74) is 0. The van der Waals surface area contributed by atoms with Crippen molar-refractivity contribution in [3.8, 4) is 0 Å². The lowest BCUT2D eigenvalue weighted by molar-refractivity contribution is -0.151. The molecule has 0 saturated carbocycles. The Bertz CT molecular complexity index is 266. The van der Waals surface area contributed by atoms with Gasteiger partial charge in [0.05, 0.1) is 6.61 Å². The Kier molecular flexibility index (Phi) is 13.3. The molecule has 1 unspecified atom stereocenters. The number of ether oxygens (including phenoxy) is 1. The summed E-state index contributed by atoms with van der Waals surface area (Å²) in [7, 11) is 0. The molecule has 118 valence electrons. The van der Waals surface area contributed by atoms with Crippen molar-refractivity contribution in [1.29, 1.82) is 0 Å². The van der Waals surface area contributed by atoms with Crippen molar-refractivity contribution in [2.45, 2.75) is 71.6 Å². The second-order valence-corrected chi connectivity index (χ2v) is 5.91. The summed E-state index contributed by atoms with van der Waals surface area (Å²) in [6.07, 6.45) is 8.87. The molecular weight excluding hydrogens is 320 g/mol. The molecule has 0 amide bonds. The van der Waals surface area contributed by atoms with Crippen LogP contribution in [0.5, 0.6) is 0 Å². The van der Waals surface area contributed by atoms with Crippen LogP contribution in [-0.2, 0) is 14.3 Å². The Morgan fingerprint density at radius 1 is 1.00 bits per heavy atom. The normalized spacial score (nSPS) is 12.2. The zero-order valence-corrected chi connectivity index (χ0v) is 14.5. The minimum Gasteiger partial charge on any atom is -0.465 e. The first-order valence-electron chi connectivity index (χ1n) is 7.92. The largest absolute Gasteiger partial charge is 0.465 e. The third-order valence-corrected chi connectivity index (χ3v) is 3.92. The zero-order chi connectivity index (χ0) is 15.2. The number of unbranched alkanes of at least 4 members (excludes halogenated alkanes) is 5. The Hall–Kier alpha value is -0.380. The van der Waals surface area contributed by atoms with Crippen molar-refractivity contribution in [1.82, 2.24) is 0 Å². The number of hydrogen-bond acceptors (Lipinski definition) is 3. The summed E-state index contributed by atoms with van der Waals surface area (Å²) in [5, 5.41) is 0.797. The Balaban J connectivity index is 4.11. The number of rotatable bonds is 13. The number of carbonyl (C=O) groups is 2. The van der Waals surface area contributed by atoms with E-state index in [0.717, 1.165) is 24.6 Å². The Morgan fingerprint density at radius 3 is 2.25 bits per heavy atom. The van der Waals surface area contributed by atoms with E-state index >= 15 is 0 Å². The molecule has 3 nitrogen and oxygen atoms in total. The summed E-state index contributed by atoms with van der Waals surface area (Å²) in [4.78, 5) is 23.9. The minimum atomic E-state index is -0.542. The second-order valence-electron chi connectivity index (χ2n) is 5.12.